The van der Waals surface area contributed by atoms with Crippen LogP contribution in [0.25, 0.3) is 0 Å². The molecular weight excluding hydrogens is 260 g/mol. The Morgan fingerprint density at radius 1 is 1.10 bits per heavy atom. The first kappa shape index (κ1) is 16.3. The fourth-order valence-corrected chi connectivity index (χ4v) is 2.70. The molecule has 0 saturated carbocycles. The van der Waals surface area contributed by atoms with E-state index in [2.05, 4.69) is 48.3 Å². The molecule has 1 heterocycles. The van der Waals surface area contributed by atoms with Gasteiger partial charge in [0.1, 0.15) is 0 Å². The van der Waals surface area contributed by atoms with E-state index in [4.69, 9.17) is 4.74 Å². The van der Waals surface area contributed by atoms with Crippen molar-refractivity contribution in [3.63, 3.8) is 0 Å². The lowest BCUT2D eigenvalue weighted by atomic mass is 10.2. The summed E-state index contributed by atoms with van der Waals surface area (Å²) < 4.78 is 5.54. The monoisotopic (exact) mass is 290 g/mol. The number of hydrogen-bond acceptors (Lipinski definition) is 3. The average Bonchev–Trinajstić information content (AvgIpc) is 3.01. The Balaban J connectivity index is 1.58. The van der Waals surface area contributed by atoms with Crippen LogP contribution in [0.3, 0.4) is 0 Å². The molecule has 1 N–H and O–H groups in total. The molecule has 1 saturated heterocycles. The quantitative estimate of drug-likeness (QED) is 0.704. The van der Waals surface area contributed by atoms with E-state index in [0.29, 0.717) is 6.10 Å². The molecule has 1 aromatic carbocycles. The molecule has 1 aromatic rings. The third kappa shape index (κ3) is 6.06. The molecule has 1 aliphatic rings. The van der Waals surface area contributed by atoms with E-state index in [-0.39, 0.29) is 0 Å². The van der Waals surface area contributed by atoms with Gasteiger partial charge < -0.3 is 15.0 Å². The van der Waals surface area contributed by atoms with Gasteiger partial charge in [0.25, 0.3) is 0 Å². The second kappa shape index (κ2) is 9.06. The minimum Gasteiger partial charge on any atom is -0.379 e. The number of nitrogens with zero attached hydrogens (tertiary/aromatic N) is 1. The van der Waals surface area contributed by atoms with Crippen LogP contribution in [-0.4, -0.2) is 32.3 Å². The molecule has 1 aliphatic heterocycles. The molecule has 0 atom stereocenters. The lowest BCUT2D eigenvalue weighted by molar-refractivity contribution is 0.0760. The summed E-state index contributed by atoms with van der Waals surface area (Å²) in [6.45, 7) is 9.52. The van der Waals surface area contributed by atoms with E-state index in [0.717, 1.165) is 26.1 Å². The Kier molecular flexibility index (Phi) is 7.04. The minimum absolute atomic E-state index is 0.354. The van der Waals surface area contributed by atoms with E-state index < -0.39 is 0 Å². The lowest BCUT2D eigenvalue weighted by Gasteiger charge is -2.17. The molecule has 0 amide bonds. The Labute approximate surface area is 129 Å². The Morgan fingerprint density at radius 3 is 2.48 bits per heavy atom. The zero-order valence-electron chi connectivity index (χ0n) is 13.6. The molecule has 3 heteroatoms. The van der Waals surface area contributed by atoms with Gasteiger partial charge in [0.15, 0.2) is 0 Å². The van der Waals surface area contributed by atoms with Gasteiger partial charge in [-0.2, -0.15) is 0 Å². The maximum Gasteiger partial charge on any atom is 0.0518 e. The first-order valence-electron chi connectivity index (χ1n) is 8.42. The zero-order valence-corrected chi connectivity index (χ0v) is 13.6. The second-order valence-electron chi connectivity index (χ2n) is 6.16. The number of unbranched alkanes of at least 4 members (excludes halogenated alkanes) is 1. The smallest absolute Gasteiger partial charge is 0.0518 e. The lowest BCUT2D eigenvalue weighted by Crippen LogP contribution is -2.18. The van der Waals surface area contributed by atoms with Gasteiger partial charge in [0, 0.05) is 31.9 Å². The van der Waals surface area contributed by atoms with Crippen LogP contribution < -0.4 is 10.2 Å². The topological polar surface area (TPSA) is 24.5 Å². The summed E-state index contributed by atoms with van der Waals surface area (Å²) in [7, 11) is 0. The minimum atomic E-state index is 0.354. The van der Waals surface area contributed by atoms with E-state index in [9.17, 15) is 0 Å². The summed E-state index contributed by atoms with van der Waals surface area (Å²) in [5.41, 5.74) is 2.75. The van der Waals surface area contributed by atoms with Crippen LogP contribution in [0.5, 0.6) is 0 Å². The molecule has 0 radical (unpaired) electrons. The van der Waals surface area contributed by atoms with Crippen LogP contribution in [0.4, 0.5) is 5.69 Å². The highest BCUT2D eigenvalue weighted by atomic mass is 16.5. The Bertz CT molecular complexity index is 383. The summed E-state index contributed by atoms with van der Waals surface area (Å²) in [6.07, 6.45) is 5.35. The van der Waals surface area contributed by atoms with Crippen molar-refractivity contribution in [1.82, 2.24) is 5.32 Å². The second-order valence-corrected chi connectivity index (χ2v) is 6.16. The van der Waals surface area contributed by atoms with Gasteiger partial charge in [-0.15, -0.1) is 0 Å². The first-order chi connectivity index (χ1) is 10.3. The van der Waals surface area contributed by atoms with Crippen LogP contribution in [0, 0.1) is 0 Å². The number of benzene rings is 1. The summed E-state index contributed by atoms with van der Waals surface area (Å²) in [5, 5.41) is 3.51. The maximum absolute atomic E-state index is 5.54. The fourth-order valence-electron chi connectivity index (χ4n) is 2.70. The van der Waals surface area contributed by atoms with Crippen molar-refractivity contribution in [2.24, 2.45) is 0 Å². The van der Waals surface area contributed by atoms with Gasteiger partial charge in [0.05, 0.1) is 6.10 Å². The normalized spacial score (nSPS) is 15.1. The first-order valence-corrected chi connectivity index (χ1v) is 8.42. The standard InChI is InChI=1S/C18H30N2O/c1-16(2)21-14-6-3-11-19-15-17-7-9-18(10-8-17)20-12-4-5-13-20/h7-10,16,19H,3-6,11-15H2,1-2H3. The highest BCUT2D eigenvalue weighted by molar-refractivity contribution is 5.48. The number of nitrogens with one attached hydrogen (secondary N) is 1. The fraction of sp³-hybridized carbons (Fsp3) is 0.667. The van der Waals surface area contributed by atoms with E-state index in [1.807, 2.05) is 0 Å². The molecule has 1 fully saturated rings. The Morgan fingerprint density at radius 2 is 1.81 bits per heavy atom. The van der Waals surface area contributed by atoms with Crippen LogP contribution in [0.1, 0.15) is 45.1 Å². The van der Waals surface area contributed by atoms with Crippen molar-refractivity contribution in [3.8, 4) is 0 Å². The van der Waals surface area contributed by atoms with Crippen molar-refractivity contribution in [1.29, 1.82) is 0 Å². The molecule has 118 valence electrons. The van der Waals surface area contributed by atoms with Crippen molar-refractivity contribution >= 4 is 5.69 Å². The zero-order chi connectivity index (χ0) is 14.9. The number of hydrogen-bond donors (Lipinski definition) is 1. The molecular formula is C18H30N2O. The van der Waals surface area contributed by atoms with Crippen LogP contribution in [-0.2, 0) is 11.3 Å². The van der Waals surface area contributed by atoms with Crippen LogP contribution in [0.2, 0.25) is 0 Å². The molecule has 0 aromatic heterocycles. The summed E-state index contributed by atoms with van der Waals surface area (Å²) in [6, 6.07) is 9.03. The van der Waals surface area contributed by atoms with E-state index >= 15 is 0 Å². The third-order valence-electron chi connectivity index (χ3n) is 3.94. The highest BCUT2D eigenvalue weighted by Crippen LogP contribution is 2.20. The molecule has 0 unspecified atom stereocenters. The summed E-state index contributed by atoms with van der Waals surface area (Å²) >= 11 is 0. The van der Waals surface area contributed by atoms with Gasteiger partial charge >= 0.3 is 0 Å². The number of anilines is 1. The third-order valence-corrected chi connectivity index (χ3v) is 3.94. The average molecular weight is 290 g/mol. The van der Waals surface area contributed by atoms with Crippen molar-refractivity contribution in [2.75, 3.05) is 31.1 Å². The van der Waals surface area contributed by atoms with Gasteiger partial charge in [0.2, 0.25) is 0 Å². The Hall–Kier alpha value is -1.06. The maximum atomic E-state index is 5.54. The van der Waals surface area contributed by atoms with Gasteiger partial charge in [-0.05, 0) is 63.8 Å². The summed E-state index contributed by atoms with van der Waals surface area (Å²) in [4.78, 5) is 2.48. The van der Waals surface area contributed by atoms with E-state index in [1.165, 1.54) is 43.6 Å². The van der Waals surface area contributed by atoms with Crippen LogP contribution >= 0.6 is 0 Å². The molecule has 3 nitrogen and oxygen atoms in total. The predicted molar refractivity (Wildman–Crippen MR) is 89.9 cm³/mol. The van der Waals surface area contributed by atoms with Gasteiger partial charge in [-0.3, -0.25) is 0 Å². The highest BCUT2D eigenvalue weighted by Gasteiger charge is 2.11. The van der Waals surface area contributed by atoms with Crippen molar-refractivity contribution in [3.05, 3.63) is 29.8 Å². The SMILES string of the molecule is CC(C)OCCCCNCc1ccc(N2CCCC2)cc1. The molecule has 0 bridgehead atoms. The predicted octanol–water partition coefficient (Wildman–Crippen LogP) is 3.58. The number of ether oxygens (including phenoxy) is 1. The number of rotatable bonds is 9. The van der Waals surface area contributed by atoms with Crippen molar-refractivity contribution < 1.29 is 4.74 Å². The molecule has 0 spiro atoms. The molecule has 0 aliphatic carbocycles. The largest absolute Gasteiger partial charge is 0.379 e. The molecule has 2 rings (SSSR count). The van der Waals surface area contributed by atoms with Gasteiger partial charge in [-0.1, -0.05) is 12.1 Å². The van der Waals surface area contributed by atoms with Crippen molar-refractivity contribution in [2.45, 2.75) is 52.2 Å². The van der Waals surface area contributed by atoms with E-state index in [1.54, 1.807) is 0 Å². The van der Waals surface area contributed by atoms with Gasteiger partial charge in [-0.25, -0.2) is 0 Å². The molecule has 21 heavy (non-hydrogen) atoms. The van der Waals surface area contributed by atoms with Crippen LogP contribution in [0.15, 0.2) is 24.3 Å². The summed E-state index contributed by atoms with van der Waals surface area (Å²) in [5.74, 6) is 0.